The molecule has 10 nitrogen and oxygen atoms in total. The summed E-state index contributed by atoms with van der Waals surface area (Å²) < 4.78 is 38.8. The molecule has 2 aliphatic rings. The van der Waals surface area contributed by atoms with Gasteiger partial charge in [-0.2, -0.15) is 13.2 Å². The van der Waals surface area contributed by atoms with Crippen molar-refractivity contribution >= 4 is 45.2 Å². The van der Waals surface area contributed by atoms with Crippen LogP contribution in [0.5, 0.6) is 5.75 Å². The number of hydrogen-bond donors (Lipinski definition) is 5. The lowest BCUT2D eigenvalue weighted by Crippen LogP contribution is -2.39. The van der Waals surface area contributed by atoms with Crippen LogP contribution in [0.25, 0.3) is 0 Å². The number of nitrogen functional groups attached to an aromatic ring is 1. The van der Waals surface area contributed by atoms with Crippen LogP contribution < -0.4 is 21.1 Å². The van der Waals surface area contributed by atoms with Gasteiger partial charge in [-0.1, -0.05) is 6.07 Å². The number of carbonyl (C=O) groups excluding carboxylic acids is 2. The molecule has 1 saturated heterocycles. The van der Waals surface area contributed by atoms with Crippen LogP contribution >= 0.6 is 15.9 Å². The summed E-state index contributed by atoms with van der Waals surface area (Å²) in [5.41, 5.74) is 7.46. The van der Waals surface area contributed by atoms with E-state index in [2.05, 4.69) is 31.5 Å². The molecule has 0 radical (unpaired) electrons. The Morgan fingerprint density at radius 2 is 1.69 bits per heavy atom. The molecule has 0 aromatic heterocycles. The smallest absolute Gasteiger partial charge is 0.489 e. The molecule has 0 spiro atoms. The van der Waals surface area contributed by atoms with E-state index in [0.717, 1.165) is 47.8 Å². The third-order valence-corrected chi connectivity index (χ3v) is 7.33. The Kier molecular flexibility index (Phi) is 11.3. The minimum atomic E-state index is -5.08. The fourth-order valence-corrected chi connectivity index (χ4v) is 4.81. The number of benzene rings is 2. The third-order valence-electron chi connectivity index (χ3n) is 6.71. The molecule has 1 unspecified atom stereocenters. The van der Waals surface area contributed by atoms with Gasteiger partial charge in [0.25, 0.3) is 0 Å². The summed E-state index contributed by atoms with van der Waals surface area (Å²) in [6, 6.07) is 13.0. The van der Waals surface area contributed by atoms with E-state index >= 15 is 0 Å². The molecule has 2 aromatic rings. The summed E-state index contributed by atoms with van der Waals surface area (Å²) in [7, 11) is 0. The van der Waals surface area contributed by atoms with E-state index in [1.807, 2.05) is 25.1 Å². The van der Waals surface area contributed by atoms with Crippen molar-refractivity contribution in [2.45, 2.75) is 63.4 Å². The van der Waals surface area contributed by atoms with Crippen molar-refractivity contribution in [3.8, 4) is 5.75 Å². The Morgan fingerprint density at radius 3 is 2.19 bits per heavy atom. The number of amidine groups is 1. The van der Waals surface area contributed by atoms with Crippen LogP contribution in [0.2, 0.25) is 0 Å². The third kappa shape index (κ3) is 10.3. The highest BCUT2D eigenvalue weighted by atomic mass is 79.9. The number of likely N-dealkylation sites (tertiary alicyclic amines) is 1. The summed E-state index contributed by atoms with van der Waals surface area (Å²) in [6.07, 6.45) is -0.385. The molecule has 2 amide bonds. The number of rotatable bonds is 9. The molecule has 4 rings (SSSR count). The average Bonchev–Trinajstić information content (AvgIpc) is 3.76. The number of nitrogens with two attached hydrogens (primary N) is 1. The van der Waals surface area contributed by atoms with Gasteiger partial charge in [-0.15, -0.1) is 0 Å². The first-order valence-electron chi connectivity index (χ1n) is 13.3. The van der Waals surface area contributed by atoms with Gasteiger partial charge >= 0.3 is 12.1 Å². The first-order valence-corrected chi connectivity index (χ1v) is 14.1. The van der Waals surface area contributed by atoms with Gasteiger partial charge in [-0.25, -0.2) is 4.79 Å². The average molecular weight is 657 g/mol. The highest BCUT2D eigenvalue weighted by Gasteiger charge is 2.38. The molecule has 0 bridgehead atoms. The number of carboxylic acid groups (broad SMARTS) is 1. The molecule has 14 heteroatoms. The van der Waals surface area contributed by atoms with E-state index in [0.29, 0.717) is 11.3 Å². The van der Waals surface area contributed by atoms with Crippen molar-refractivity contribution in [1.29, 1.82) is 5.41 Å². The zero-order chi connectivity index (χ0) is 31.0. The van der Waals surface area contributed by atoms with Crippen LogP contribution in [0.1, 0.15) is 56.2 Å². The van der Waals surface area contributed by atoms with Crippen molar-refractivity contribution in [1.82, 2.24) is 10.2 Å². The number of amides is 2. The molecule has 1 aliphatic carbocycles. The number of hydrogen-bond acceptors (Lipinski definition) is 6. The van der Waals surface area contributed by atoms with E-state index in [1.165, 1.54) is 12.8 Å². The second kappa shape index (κ2) is 14.5. The number of ether oxygens (including phenoxy) is 1. The molecule has 42 heavy (non-hydrogen) atoms. The lowest BCUT2D eigenvalue weighted by Gasteiger charge is -2.32. The van der Waals surface area contributed by atoms with E-state index < -0.39 is 18.1 Å². The van der Waals surface area contributed by atoms with Crippen molar-refractivity contribution in [2.24, 2.45) is 5.73 Å². The van der Waals surface area contributed by atoms with E-state index in [9.17, 15) is 22.8 Å². The number of nitrogens with one attached hydrogen (secondary N) is 3. The zero-order valence-corrected chi connectivity index (χ0v) is 24.4. The van der Waals surface area contributed by atoms with Gasteiger partial charge in [0, 0.05) is 30.4 Å². The van der Waals surface area contributed by atoms with Crippen LogP contribution in [0, 0.1) is 5.41 Å². The van der Waals surface area contributed by atoms with E-state index in [1.54, 1.807) is 24.3 Å². The second-order valence-corrected chi connectivity index (χ2v) is 10.9. The van der Waals surface area contributed by atoms with Crippen LogP contribution in [0.15, 0.2) is 46.9 Å². The van der Waals surface area contributed by atoms with Gasteiger partial charge in [0.15, 0.2) is 0 Å². The fraction of sp³-hybridized carbons (Fsp3) is 0.429. The fourth-order valence-electron chi connectivity index (χ4n) is 4.32. The Bertz CT molecular complexity index is 1280. The summed E-state index contributed by atoms with van der Waals surface area (Å²) in [6.45, 7) is 4.09. The van der Waals surface area contributed by atoms with Crippen LogP contribution in [0.4, 0.5) is 18.9 Å². The van der Waals surface area contributed by atoms with Crippen molar-refractivity contribution < 1.29 is 37.4 Å². The van der Waals surface area contributed by atoms with Gasteiger partial charge in [-0.05, 0) is 90.5 Å². The lowest BCUT2D eigenvalue weighted by atomic mass is 10.1. The van der Waals surface area contributed by atoms with Gasteiger partial charge in [-0.3, -0.25) is 15.0 Å². The quantitative estimate of drug-likeness (QED) is 0.150. The summed E-state index contributed by atoms with van der Waals surface area (Å²) >= 11 is 3.61. The molecule has 2 aromatic carbocycles. The van der Waals surface area contributed by atoms with Crippen LogP contribution in [-0.2, 0) is 14.4 Å². The van der Waals surface area contributed by atoms with Gasteiger partial charge in [0.1, 0.15) is 24.1 Å². The number of aliphatic carboxylic acids is 1. The second-order valence-electron chi connectivity index (χ2n) is 10.1. The number of piperidine rings is 1. The summed E-state index contributed by atoms with van der Waals surface area (Å²) in [5.74, 6) is -2.77. The topological polar surface area (TPSA) is 158 Å². The molecule has 1 aliphatic heterocycles. The lowest BCUT2D eigenvalue weighted by molar-refractivity contribution is -0.192. The molecular formula is C28H33BrF3N5O5. The van der Waals surface area contributed by atoms with Crippen molar-refractivity contribution in [3.63, 3.8) is 0 Å². The van der Waals surface area contributed by atoms with Crippen LogP contribution in [0.3, 0.4) is 0 Å². The standard InChI is InChI=1S/C26H32BrN5O3.C2HF3O2/c1-16(30-24(33)15-25(34)31-19-5-2-17(3-6-19)26(28)29)18-4-9-23(22(27)14-18)35-21-10-12-32(13-11-21)20-7-8-20;3-2(4,5)1(6)7/h2-6,9,14,16,20-21H,7-8,10-13,15H2,1H3,(H3,28,29)(H,30,33)(H,31,34);(H,6,7). The highest BCUT2D eigenvalue weighted by molar-refractivity contribution is 9.10. The molecule has 1 heterocycles. The molecule has 6 N–H and O–H groups in total. The maximum absolute atomic E-state index is 12.4. The van der Waals surface area contributed by atoms with Crippen LogP contribution in [-0.4, -0.2) is 65.0 Å². The first-order chi connectivity index (χ1) is 19.7. The Labute approximate surface area is 249 Å². The monoisotopic (exact) mass is 655 g/mol. The molecule has 1 atom stereocenters. The van der Waals surface area contributed by atoms with Crippen molar-refractivity contribution in [3.05, 3.63) is 58.1 Å². The SMILES string of the molecule is CC(NC(=O)CC(=O)Nc1ccc(C(=N)N)cc1)c1ccc(OC2CCN(C3CC3)CC2)c(Br)c1.O=C(O)C(F)(F)F. The maximum Gasteiger partial charge on any atom is 0.490 e. The summed E-state index contributed by atoms with van der Waals surface area (Å²) in [5, 5.41) is 20.1. The molecular weight excluding hydrogens is 623 g/mol. The first kappa shape index (κ1) is 32.9. The Morgan fingerprint density at radius 1 is 1.10 bits per heavy atom. The molecule has 2 fully saturated rings. The van der Waals surface area contributed by atoms with Gasteiger partial charge in [0.2, 0.25) is 11.8 Å². The van der Waals surface area contributed by atoms with E-state index in [4.69, 9.17) is 25.8 Å². The Balaban J connectivity index is 0.000000616. The summed E-state index contributed by atoms with van der Waals surface area (Å²) in [4.78, 5) is 36.1. The van der Waals surface area contributed by atoms with Crippen molar-refractivity contribution in [2.75, 3.05) is 18.4 Å². The Hall–Kier alpha value is -3.65. The molecule has 1 saturated carbocycles. The predicted molar refractivity (Wildman–Crippen MR) is 153 cm³/mol. The number of carbonyl (C=O) groups is 3. The number of anilines is 1. The number of carboxylic acids is 1. The largest absolute Gasteiger partial charge is 0.490 e. The highest BCUT2D eigenvalue weighted by Crippen LogP contribution is 2.33. The minimum absolute atomic E-state index is 0.0447. The normalized spacial score (nSPS) is 16.4. The predicted octanol–water partition coefficient (Wildman–Crippen LogP) is 4.58. The zero-order valence-electron chi connectivity index (χ0n) is 22.8. The number of halogens is 4. The van der Waals surface area contributed by atoms with Gasteiger partial charge < -0.3 is 31.1 Å². The number of nitrogens with zero attached hydrogens (tertiary/aromatic N) is 1. The van der Waals surface area contributed by atoms with E-state index in [-0.39, 0.29) is 30.3 Å². The number of alkyl halides is 3. The maximum atomic E-state index is 12.4. The van der Waals surface area contributed by atoms with Gasteiger partial charge in [0.05, 0.1) is 10.5 Å². The molecule has 228 valence electrons. The minimum Gasteiger partial charge on any atom is -0.489 e.